The van der Waals surface area contributed by atoms with Gasteiger partial charge in [-0.1, -0.05) is 24.3 Å². The minimum absolute atomic E-state index is 0.477. The molecule has 1 aliphatic rings. The topological polar surface area (TPSA) is 69.0 Å². The van der Waals surface area contributed by atoms with Crippen LogP contribution in [-0.4, -0.2) is 25.2 Å². The molecular formula is C12H10N2O4. The summed E-state index contributed by atoms with van der Waals surface area (Å²) in [5, 5.41) is 2.39. The van der Waals surface area contributed by atoms with Gasteiger partial charge in [0.05, 0.1) is 13.7 Å². The number of amides is 1. The first kappa shape index (κ1) is 11.9. The third-order valence-electron chi connectivity index (χ3n) is 2.62. The SMILES string of the molecule is [C-]#[N+]c1ccc(C2OC(=O)NC2C(=O)OC)cc1. The van der Waals surface area contributed by atoms with Gasteiger partial charge in [-0.2, -0.15) is 0 Å². The van der Waals surface area contributed by atoms with Crippen molar-refractivity contribution in [2.24, 2.45) is 0 Å². The zero-order valence-corrected chi connectivity index (χ0v) is 9.54. The molecule has 1 fully saturated rings. The Morgan fingerprint density at radius 1 is 1.44 bits per heavy atom. The van der Waals surface area contributed by atoms with Crippen molar-refractivity contribution < 1.29 is 19.1 Å². The molecule has 1 aliphatic heterocycles. The van der Waals surface area contributed by atoms with Gasteiger partial charge in [-0.25, -0.2) is 14.4 Å². The quantitative estimate of drug-likeness (QED) is 0.635. The fraction of sp³-hybridized carbons (Fsp3) is 0.250. The van der Waals surface area contributed by atoms with Gasteiger partial charge in [-0.05, 0) is 5.56 Å². The number of nitrogens with one attached hydrogen (secondary N) is 1. The van der Waals surface area contributed by atoms with Crippen LogP contribution >= 0.6 is 0 Å². The normalized spacial score (nSPS) is 21.7. The predicted octanol–water partition coefficient (Wildman–Crippen LogP) is 1.56. The van der Waals surface area contributed by atoms with Gasteiger partial charge in [-0.3, -0.25) is 0 Å². The third-order valence-corrected chi connectivity index (χ3v) is 2.62. The van der Waals surface area contributed by atoms with E-state index in [9.17, 15) is 9.59 Å². The highest BCUT2D eigenvalue weighted by Crippen LogP contribution is 2.28. The molecule has 1 aromatic rings. The van der Waals surface area contributed by atoms with Crippen molar-refractivity contribution in [1.82, 2.24) is 5.32 Å². The number of benzene rings is 1. The molecule has 0 aliphatic carbocycles. The summed E-state index contributed by atoms with van der Waals surface area (Å²) in [6, 6.07) is 5.63. The summed E-state index contributed by atoms with van der Waals surface area (Å²) in [4.78, 5) is 26.0. The standard InChI is InChI=1S/C12H10N2O4/c1-13-8-5-3-7(4-6-8)10-9(11(15)17-2)14-12(16)18-10/h3-6,9-10H,2H3,(H,14,16). The van der Waals surface area contributed by atoms with Crippen molar-refractivity contribution in [1.29, 1.82) is 0 Å². The number of hydrogen-bond acceptors (Lipinski definition) is 4. The molecule has 6 heteroatoms. The largest absolute Gasteiger partial charge is 0.467 e. The predicted molar refractivity (Wildman–Crippen MR) is 60.9 cm³/mol. The second kappa shape index (κ2) is 4.75. The highest BCUT2D eigenvalue weighted by molar-refractivity contribution is 5.85. The molecule has 2 unspecified atom stereocenters. The van der Waals surface area contributed by atoms with Crippen LogP contribution in [0.1, 0.15) is 11.7 Å². The molecule has 2 rings (SSSR count). The second-order valence-corrected chi connectivity index (χ2v) is 3.67. The van der Waals surface area contributed by atoms with E-state index < -0.39 is 24.2 Å². The first-order valence-electron chi connectivity index (χ1n) is 5.18. The summed E-state index contributed by atoms with van der Waals surface area (Å²) < 4.78 is 9.63. The van der Waals surface area contributed by atoms with E-state index in [1.807, 2.05) is 0 Å². The Bertz CT molecular complexity index is 518. The lowest BCUT2D eigenvalue weighted by Crippen LogP contribution is -2.36. The van der Waals surface area contributed by atoms with E-state index >= 15 is 0 Å². The van der Waals surface area contributed by atoms with Crippen LogP contribution in [0, 0.1) is 6.57 Å². The fourth-order valence-corrected chi connectivity index (χ4v) is 1.73. The van der Waals surface area contributed by atoms with E-state index in [0.29, 0.717) is 11.3 Å². The van der Waals surface area contributed by atoms with Crippen LogP contribution in [0.2, 0.25) is 0 Å². The van der Waals surface area contributed by atoms with Crippen molar-refractivity contribution in [3.05, 3.63) is 41.2 Å². The zero-order chi connectivity index (χ0) is 13.1. The van der Waals surface area contributed by atoms with Crippen molar-refractivity contribution in [2.75, 3.05) is 7.11 Å². The maximum atomic E-state index is 11.5. The number of carbonyl (C=O) groups is 2. The summed E-state index contributed by atoms with van der Waals surface area (Å²) in [6.45, 7) is 6.85. The third kappa shape index (κ3) is 2.11. The zero-order valence-electron chi connectivity index (χ0n) is 9.54. The number of cyclic esters (lactones) is 1. The number of alkyl carbamates (subject to hydrolysis) is 1. The average molecular weight is 246 g/mol. The number of ether oxygens (including phenoxy) is 2. The van der Waals surface area contributed by atoms with Gasteiger partial charge in [0, 0.05) is 0 Å². The molecule has 0 spiro atoms. The van der Waals surface area contributed by atoms with Crippen molar-refractivity contribution in [3.8, 4) is 0 Å². The van der Waals surface area contributed by atoms with Gasteiger partial charge in [0.2, 0.25) is 0 Å². The summed E-state index contributed by atoms with van der Waals surface area (Å²) in [5.74, 6) is -0.569. The van der Waals surface area contributed by atoms with E-state index in [4.69, 9.17) is 11.3 Å². The van der Waals surface area contributed by atoms with Gasteiger partial charge in [-0.15, -0.1) is 0 Å². The molecule has 1 heterocycles. The molecule has 1 aromatic carbocycles. The number of rotatable bonds is 2. The Kier molecular flexibility index (Phi) is 3.15. The smallest absolute Gasteiger partial charge is 0.408 e. The van der Waals surface area contributed by atoms with E-state index in [1.54, 1.807) is 24.3 Å². The molecule has 2 atom stereocenters. The van der Waals surface area contributed by atoms with E-state index in [2.05, 4.69) is 14.9 Å². The summed E-state index contributed by atoms with van der Waals surface area (Å²) in [7, 11) is 1.24. The van der Waals surface area contributed by atoms with Crippen LogP contribution in [0.5, 0.6) is 0 Å². The molecule has 1 saturated heterocycles. The van der Waals surface area contributed by atoms with Crippen molar-refractivity contribution in [2.45, 2.75) is 12.1 Å². The Morgan fingerprint density at radius 2 is 2.11 bits per heavy atom. The minimum Gasteiger partial charge on any atom is -0.467 e. The van der Waals surface area contributed by atoms with Crippen LogP contribution in [0.15, 0.2) is 24.3 Å². The molecule has 0 bridgehead atoms. The van der Waals surface area contributed by atoms with Gasteiger partial charge in [0.15, 0.2) is 17.8 Å². The first-order valence-corrected chi connectivity index (χ1v) is 5.18. The van der Waals surface area contributed by atoms with Gasteiger partial charge >= 0.3 is 12.1 Å². The van der Waals surface area contributed by atoms with Crippen molar-refractivity contribution >= 4 is 17.7 Å². The van der Waals surface area contributed by atoms with E-state index in [0.717, 1.165) is 0 Å². The monoisotopic (exact) mass is 246 g/mol. The Balaban J connectivity index is 2.27. The summed E-state index contributed by atoms with van der Waals surface area (Å²) >= 11 is 0. The highest BCUT2D eigenvalue weighted by Gasteiger charge is 2.40. The molecule has 1 amide bonds. The molecule has 18 heavy (non-hydrogen) atoms. The molecule has 1 N–H and O–H groups in total. The first-order chi connectivity index (χ1) is 8.65. The van der Waals surface area contributed by atoms with Crippen LogP contribution in [-0.2, 0) is 14.3 Å². The van der Waals surface area contributed by atoms with Crippen LogP contribution < -0.4 is 5.32 Å². The maximum absolute atomic E-state index is 11.5. The lowest BCUT2D eigenvalue weighted by Gasteiger charge is -2.14. The van der Waals surface area contributed by atoms with Crippen LogP contribution in [0.3, 0.4) is 0 Å². The number of methoxy groups -OCH3 is 1. The second-order valence-electron chi connectivity index (χ2n) is 3.67. The number of hydrogen-bond donors (Lipinski definition) is 1. The lowest BCUT2D eigenvalue weighted by molar-refractivity contribution is -0.144. The van der Waals surface area contributed by atoms with Crippen LogP contribution in [0.4, 0.5) is 10.5 Å². The minimum atomic E-state index is -0.860. The molecular weight excluding hydrogens is 236 g/mol. The highest BCUT2D eigenvalue weighted by atomic mass is 16.6. The Hall–Kier alpha value is -2.55. The molecule has 0 aromatic heterocycles. The van der Waals surface area contributed by atoms with Gasteiger partial charge < -0.3 is 14.8 Å². The maximum Gasteiger partial charge on any atom is 0.408 e. The number of esters is 1. The summed E-state index contributed by atoms with van der Waals surface area (Å²) in [5.41, 5.74) is 1.11. The summed E-state index contributed by atoms with van der Waals surface area (Å²) in [6.07, 6.45) is -1.39. The molecule has 6 nitrogen and oxygen atoms in total. The average Bonchev–Trinajstić information content (AvgIpc) is 2.80. The van der Waals surface area contributed by atoms with Gasteiger partial charge in [0.1, 0.15) is 0 Å². The Morgan fingerprint density at radius 3 is 2.67 bits per heavy atom. The molecule has 0 saturated carbocycles. The number of carbonyl (C=O) groups excluding carboxylic acids is 2. The van der Waals surface area contributed by atoms with Crippen LogP contribution in [0.25, 0.3) is 4.85 Å². The van der Waals surface area contributed by atoms with E-state index in [1.165, 1.54) is 7.11 Å². The van der Waals surface area contributed by atoms with Crippen molar-refractivity contribution in [3.63, 3.8) is 0 Å². The molecule has 0 radical (unpaired) electrons. The lowest BCUT2D eigenvalue weighted by atomic mass is 10.0. The molecule has 92 valence electrons. The number of nitrogens with zero attached hydrogens (tertiary/aromatic N) is 1. The fourth-order valence-electron chi connectivity index (χ4n) is 1.73. The Labute approximate surface area is 103 Å². The van der Waals surface area contributed by atoms with Gasteiger partial charge in [0.25, 0.3) is 0 Å². The van der Waals surface area contributed by atoms with E-state index in [-0.39, 0.29) is 0 Å².